The molecule has 0 N–H and O–H groups in total. The fourth-order valence-corrected chi connectivity index (χ4v) is 8.76. The van der Waals surface area contributed by atoms with E-state index < -0.39 is 0 Å². The van der Waals surface area contributed by atoms with Crippen molar-refractivity contribution in [2.24, 2.45) is 0 Å². The van der Waals surface area contributed by atoms with Gasteiger partial charge in [-0.1, -0.05) is 97.1 Å². The number of pyridine rings is 1. The van der Waals surface area contributed by atoms with Crippen molar-refractivity contribution in [2.75, 3.05) is 0 Å². The van der Waals surface area contributed by atoms with Crippen LogP contribution in [0.2, 0.25) is 0 Å². The summed E-state index contributed by atoms with van der Waals surface area (Å²) in [5.41, 5.74) is 7.04. The predicted molar refractivity (Wildman–Crippen MR) is 210 cm³/mol. The van der Waals surface area contributed by atoms with Crippen LogP contribution < -0.4 is 0 Å². The average Bonchev–Trinajstić information content (AvgIpc) is 3.84. The van der Waals surface area contributed by atoms with Gasteiger partial charge in [-0.3, -0.25) is 9.55 Å². The van der Waals surface area contributed by atoms with Gasteiger partial charge in [0, 0.05) is 59.0 Å². The number of para-hydroxylation sites is 3. The van der Waals surface area contributed by atoms with E-state index in [0.29, 0.717) is 17.6 Å². The summed E-state index contributed by atoms with van der Waals surface area (Å²) in [7, 11) is 0. The summed E-state index contributed by atoms with van der Waals surface area (Å²) in [4.78, 5) is 20.2. The molecule has 51 heavy (non-hydrogen) atoms. The third-order valence-corrected chi connectivity index (χ3v) is 11.0. The molecule has 0 atom stereocenters. The summed E-state index contributed by atoms with van der Waals surface area (Å²) in [6.45, 7) is 0. The van der Waals surface area contributed by atoms with Crippen molar-refractivity contribution in [3.63, 3.8) is 0 Å². The molecule has 0 bridgehead atoms. The Labute approximate surface area is 295 Å². The quantitative estimate of drug-likeness (QED) is 0.187. The van der Waals surface area contributed by atoms with Gasteiger partial charge in [-0.05, 0) is 48.5 Å². The maximum Gasteiger partial charge on any atom is 0.238 e. The van der Waals surface area contributed by atoms with Crippen LogP contribution in [0.4, 0.5) is 0 Å². The number of aromatic nitrogens is 6. The molecule has 0 aliphatic heterocycles. The summed E-state index contributed by atoms with van der Waals surface area (Å²) >= 11 is 1.83. The minimum Gasteiger partial charge on any atom is -0.307 e. The maximum absolute atomic E-state index is 5.30. The highest BCUT2D eigenvalue weighted by Gasteiger charge is 2.22. The van der Waals surface area contributed by atoms with Gasteiger partial charge in [-0.15, -0.1) is 11.3 Å². The van der Waals surface area contributed by atoms with Crippen LogP contribution in [0.5, 0.6) is 0 Å². The van der Waals surface area contributed by atoms with Crippen LogP contribution in [0.25, 0.3) is 98.2 Å². The van der Waals surface area contributed by atoms with E-state index in [0.717, 1.165) is 55.0 Å². The number of rotatable bonds is 4. The summed E-state index contributed by atoms with van der Waals surface area (Å²) in [6, 6.07) is 50.9. The minimum atomic E-state index is 0.571. The van der Waals surface area contributed by atoms with Crippen LogP contribution >= 0.6 is 11.3 Å². The second kappa shape index (κ2) is 10.9. The number of hydrogen-bond acceptors (Lipinski definition) is 5. The van der Waals surface area contributed by atoms with Crippen LogP contribution in [0, 0.1) is 0 Å². The smallest absolute Gasteiger partial charge is 0.238 e. The Morgan fingerprint density at radius 1 is 0.431 bits per heavy atom. The van der Waals surface area contributed by atoms with Crippen LogP contribution in [0.15, 0.2) is 158 Å². The SMILES string of the molecule is c1ccc(-c2nc(-c3ccccc3-n3c4cnccc4c4cc5c(cc43)sc3ccccc35)nc(-n3c4ccccc4c4ccccc43)n2)cc1. The predicted octanol–water partition coefficient (Wildman–Crippen LogP) is 11.2. The molecule has 11 aromatic rings. The molecule has 5 heterocycles. The second-order valence-corrected chi connectivity index (χ2v) is 13.8. The molecule has 0 radical (unpaired) electrons. The fraction of sp³-hybridized carbons (Fsp3) is 0. The zero-order valence-electron chi connectivity index (χ0n) is 27.1. The normalized spacial score (nSPS) is 11.9. The van der Waals surface area contributed by atoms with E-state index in [-0.39, 0.29) is 0 Å². The Morgan fingerprint density at radius 2 is 1.10 bits per heavy atom. The van der Waals surface area contributed by atoms with Crippen molar-refractivity contribution < 1.29 is 0 Å². The standard InChI is InChI=1S/C44H26N6S/c1-2-12-27(13-3-1)42-46-43(48-44(47-42)50-35-18-8-4-14-28(35)29-15-5-9-19-36(29)50)32-17-6-10-20-37(32)49-38-25-41-34(31-16-7-11-21-40(31)51-41)24-33(38)30-22-23-45-26-39(30)49/h1-26H. The number of benzene rings is 6. The van der Waals surface area contributed by atoms with Gasteiger partial charge in [0.05, 0.1) is 34.0 Å². The van der Waals surface area contributed by atoms with Gasteiger partial charge in [-0.25, -0.2) is 4.98 Å². The largest absolute Gasteiger partial charge is 0.307 e. The first-order chi connectivity index (χ1) is 25.3. The molecular weight excluding hydrogens is 645 g/mol. The molecular formula is C44H26N6S. The zero-order chi connectivity index (χ0) is 33.5. The van der Waals surface area contributed by atoms with Crippen molar-refractivity contribution >= 4 is 75.1 Å². The lowest BCUT2D eigenvalue weighted by Gasteiger charge is -2.15. The molecule has 0 unspecified atom stereocenters. The molecule has 0 aliphatic carbocycles. The lowest BCUT2D eigenvalue weighted by Crippen LogP contribution is -2.07. The van der Waals surface area contributed by atoms with Crippen molar-refractivity contribution in [3.05, 3.63) is 158 Å². The average molecular weight is 671 g/mol. The Morgan fingerprint density at radius 3 is 1.92 bits per heavy atom. The highest BCUT2D eigenvalue weighted by Crippen LogP contribution is 2.42. The lowest BCUT2D eigenvalue weighted by atomic mass is 10.1. The lowest BCUT2D eigenvalue weighted by molar-refractivity contribution is 0.951. The molecule has 5 aromatic heterocycles. The third kappa shape index (κ3) is 4.22. The van der Waals surface area contributed by atoms with E-state index in [4.69, 9.17) is 15.0 Å². The Balaban J connectivity index is 1.21. The van der Waals surface area contributed by atoms with E-state index in [2.05, 4.69) is 142 Å². The molecule has 0 fully saturated rings. The fourth-order valence-electron chi connectivity index (χ4n) is 7.64. The van der Waals surface area contributed by atoms with Crippen LogP contribution in [-0.4, -0.2) is 29.1 Å². The van der Waals surface area contributed by atoms with Gasteiger partial charge in [0.15, 0.2) is 11.6 Å². The van der Waals surface area contributed by atoms with Gasteiger partial charge in [0.2, 0.25) is 5.95 Å². The first kappa shape index (κ1) is 28.2. The second-order valence-electron chi connectivity index (χ2n) is 12.7. The van der Waals surface area contributed by atoms with Gasteiger partial charge >= 0.3 is 0 Å². The first-order valence-corrected chi connectivity index (χ1v) is 17.7. The van der Waals surface area contributed by atoms with E-state index in [9.17, 15) is 0 Å². The van der Waals surface area contributed by atoms with E-state index >= 15 is 0 Å². The number of nitrogens with zero attached hydrogens (tertiary/aromatic N) is 6. The topological polar surface area (TPSA) is 61.4 Å². The molecule has 0 amide bonds. The van der Waals surface area contributed by atoms with Crippen molar-refractivity contribution in [1.82, 2.24) is 29.1 Å². The Kier molecular flexibility index (Phi) is 6.02. The van der Waals surface area contributed by atoms with E-state index in [1.807, 2.05) is 41.9 Å². The zero-order valence-corrected chi connectivity index (χ0v) is 27.9. The van der Waals surface area contributed by atoms with Gasteiger partial charge < -0.3 is 4.57 Å². The van der Waals surface area contributed by atoms with Gasteiger partial charge in [0.25, 0.3) is 0 Å². The first-order valence-electron chi connectivity index (χ1n) is 16.9. The minimum absolute atomic E-state index is 0.571. The van der Waals surface area contributed by atoms with Crippen molar-refractivity contribution in [3.8, 4) is 34.4 Å². The molecule has 238 valence electrons. The monoisotopic (exact) mass is 670 g/mol. The number of hydrogen-bond donors (Lipinski definition) is 0. The van der Waals surface area contributed by atoms with E-state index in [1.165, 1.54) is 25.6 Å². The molecule has 0 aliphatic rings. The van der Waals surface area contributed by atoms with Gasteiger partial charge in [0.1, 0.15) is 0 Å². The highest BCUT2D eigenvalue weighted by molar-refractivity contribution is 7.25. The van der Waals surface area contributed by atoms with Crippen molar-refractivity contribution in [1.29, 1.82) is 0 Å². The molecule has 0 spiro atoms. The number of fused-ring (bicyclic) bond motifs is 9. The molecule has 7 heteroatoms. The highest BCUT2D eigenvalue weighted by atomic mass is 32.1. The maximum atomic E-state index is 5.30. The summed E-state index contributed by atoms with van der Waals surface area (Å²) in [5, 5.41) is 7.20. The number of thiophene rings is 1. The molecule has 0 saturated heterocycles. The van der Waals surface area contributed by atoms with Crippen molar-refractivity contribution in [2.45, 2.75) is 0 Å². The Bertz CT molecular complexity index is 3100. The van der Waals surface area contributed by atoms with Crippen LogP contribution in [-0.2, 0) is 0 Å². The summed E-state index contributed by atoms with van der Waals surface area (Å²) in [6.07, 6.45) is 3.84. The summed E-state index contributed by atoms with van der Waals surface area (Å²) < 4.78 is 7.02. The molecule has 11 rings (SSSR count). The summed E-state index contributed by atoms with van der Waals surface area (Å²) in [5.74, 6) is 1.78. The molecule has 6 aromatic carbocycles. The van der Waals surface area contributed by atoms with Crippen LogP contribution in [0.3, 0.4) is 0 Å². The van der Waals surface area contributed by atoms with Crippen LogP contribution in [0.1, 0.15) is 0 Å². The third-order valence-electron chi connectivity index (χ3n) is 9.89. The van der Waals surface area contributed by atoms with Gasteiger partial charge in [-0.2, -0.15) is 9.97 Å². The molecule has 6 nitrogen and oxygen atoms in total. The van der Waals surface area contributed by atoms with E-state index in [1.54, 1.807) is 0 Å². The Hall–Kier alpha value is -6.70. The molecule has 0 saturated carbocycles.